The fourth-order valence-electron chi connectivity index (χ4n) is 2.91. The van der Waals surface area contributed by atoms with Crippen LogP contribution >= 0.6 is 24.0 Å². The lowest BCUT2D eigenvalue weighted by atomic mass is 10.1. The molecule has 3 aromatic rings. The molecule has 0 saturated heterocycles. The van der Waals surface area contributed by atoms with E-state index >= 15 is 0 Å². The van der Waals surface area contributed by atoms with Gasteiger partial charge in [0.2, 0.25) is 0 Å². The topological polar surface area (TPSA) is 46.0 Å². The first-order valence-corrected chi connectivity index (χ1v) is 8.16. The molecule has 130 valence electrons. The van der Waals surface area contributed by atoms with E-state index in [1.807, 2.05) is 36.9 Å². The van der Waals surface area contributed by atoms with Crippen LogP contribution in [0.4, 0.5) is 5.69 Å². The Hall–Kier alpha value is -1.56. The van der Waals surface area contributed by atoms with Gasteiger partial charge in [0, 0.05) is 24.0 Å². The lowest BCUT2D eigenvalue weighted by Gasteiger charge is -2.14. The van der Waals surface area contributed by atoms with Crippen molar-refractivity contribution >= 4 is 51.6 Å². The van der Waals surface area contributed by atoms with Gasteiger partial charge in [0.1, 0.15) is 0 Å². The summed E-state index contributed by atoms with van der Waals surface area (Å²) in [5, 5.41) is 11.0. The summed E-state index contributed by atoms with van der Waals surface area (Å²) >= 11 is 6.21. The van der Waals surface area contributed by atoms with Gasteiger partial charge in [-0.3, -0.25) is 4.68 Å². The van der Waals surface area contributed by atoms with Gasteiger partial charge in [-0.15, -0.1) is 12.4 Å². The monoisotopic (exact) mass is 367 g/mol. The maximum absolute atomic E-state index is 6.21. The number of anilines is 1. The molecule has 7 heteroatoms. The number of aryl methyl sites for hydroxylation is 2. The highest BCUT2D eigenvalue weighted by molar-refractivity contribution is 6.31. The molecule has 0 bridgehead atoms. The molecule has 2 heterocycles. The van der Waals surface area contributed by atoms with Gasteiger partial charge in [0.05, 0.1) is 22.3 Å². The fourth-order valence-corrected chi connectivity index (χ4v) is 3.09. The maximum atomic E-state index is 6.21. The van der Waals surface area contributed by atoms with Gasteiger partial charge in [-0.1, -0.05) is 11.6 Å². The molecule has 0 aliphatic heterocycles. The lowest BCUT2D eigenvalue weighted by Crippen LogP contribution is -2.16. The van der Waals surface area contributed by atoms with Crippen LogP contribution in [0.5, 0.6) is 0 Å². The van der Waals surface area contributed by atoms with Crippen molar-refractivity contribution in [2.45, 2.75) is 13.3 Å². The number of pyridine rings is 1. The smallest absolute Gasteiger partial charge is 0.160 e. The summed E-state index contributed by atoms with van der Waals surface area (Å²) in [7, 11) is 6.11. The number of nitrogens with one attached hydrogen (secondary N) is 1. The van der Waals surface area contributed by atoms with Crippen LogP contribution in [0.2, 0.25) is 5.02 Å². The van der Waals surface area contributed by atoms with Gasteiger partial charge < -0.3 is 10.2 Å². The zero-order valence-electron chi connectivity index (χ0n) is 14.4. The molecule has 0 unspecified atom stereocenters. The molecule has 1 aromatic carbocycles. The number of hydrogen-bond acceptors (Lipinski definition) is 4. The van der Waals surface area contributed by atoms with Gasteiger partial charge in [-0.05, 0) is 52.2 Å². The van der Waals surface area contributed by atoms with Crippen LogP contribution in [-0.2, 0) is 7.05 Å². The van der Waals surface area contributed by atoms with E-state index in [1.54, 1.807) is 0 Å². The Morgan fingerprint density at radius 1 is 1.29 bits per heavy atom. The van der Waals surface area contributed by atoms with E-state index in [0.717, 1.165) is 57.9 Å². The number of aromatic nitrogens is 3. The van der Waals surface area contributed by atoms with Crippen molar-refractivity contribution in [3.63, 3.8) is 0 Å². The average molecular weight is 368 g/mol. The third-order valence-electron chi connectivity index (χ3n) is 3.98. The molecule has 1 N–H and O–H groups in total. The second kappa shape index (κ2) is 7.55. The molecule has 24 heavy (non-hydrogen) atoms. The van der Waals surface area contributed by atoms with Crippen molar-refractivity contribution in [2.75, 3.05) is 32.5 Å². The minimum Gasteiger partial charge on any atom is -0.384 e. The van der Waals surface area contributed by atoms with Crippen molar-refractivity contribution in [3.05, 3.63) is 28.9 Å². The maximum Gasteiger partial charge on any atom is 0.160 e. The molecule has 0 amide bonds. The summed E-state index contributed by atoms with van der Waals surface area (Å²) in [4.78, 5) is 6.94. The molecule has 0 aliphatic rings. The van der Waals surface area contributed by atoms with E-state index in [1.165, 1.54) is 0 Å². The third-order valence-corrected chi connectivity index (χ3v) is 4.22. The molecule has 0 saturated carbocycles. The summed E-state index contributed by atoms with van der Waals surface area (Å²) in [5.41, 5.74) is 3.89. The zero-order chi connectivity index (χ0) is 16.6. The number of nitrogens with zero attached hydrogens (tertiary/aromatic N) is 4. The van der Waals surface area contributed by atoms with Crippen molar-refractivity contribution in [1.82, 2.24) is 19.7 Å². The quantitative estimate of drug-likeness (QED) is 0.695. The van der Waals surface area contributed by atoms with Crippen LogP contribution in [0.25, 0.3) is 21.9 Å². The molecule has 2 aromatic heterocycles. The Morgan fingerprint density at radius 2 is 2.04 bits per heavy atom. The predicted molar refractivity (Wildman–Crippen MR) is 105 cm³/mol. The molecule has 0 fully saturated rings. The Bertz CT molecular complexity index is 857. The predicted octanol–water partition coefficient (Wildman–Crippen LogP) is 3.87. The van der Waals surface area contributed by atoms with Crippen LogP contribution in [0.1, 0.15) is 12.1 Å². The zero-order valence-corrected chi connectivity index (χ0v) is 16.0. The van der Waals surface area contributed by atoms with Crippen molar-refractivity contribution < 1.29 is 0 Å². The second-order valence-electron chi connectivity index (χ2n) is 6.14. The Balaban J connectivity index is 0.00000208. The molecule has 0 spiro atoms. The SMILES string of the molecule is Cc1nn(C)c2nc3ccc(Cl)cc3c(NCCCN(C)C)c12.Cl. The van der Waals surface area contributed by atoms with E-state index in [9.17, 15) is 0 Å². The first kappa shape index (κ1) is 18.8. The largest absolute Gasteiger partial charge is 0.384 e. The Morgan fingerprint density at radius 3 is 2.75 bits per heavy atom. The normalized spacial score (nSPS) is 11.2. The van der Waals surface area contributed by atoms with E-state index in [2.05, 4.69) is 29.4 Å². The van der Waals surface area contributed by atoms with Crippen LogP contribution < -0.4 is 5.32 Å². The fraction of sp³-hybridized carbons (Fsp3) is 0.412. The highest BCUT2D eigenvalue weighted by Gasteiger charge is 2.15. The highest BCUT2D eigenvalue weighted by Crippen LogP contribution is 2.34. The lowest BCUT2D eigenvalue weighted by molar-refractivity contribution is 0.405. The third kappa shape index (κ3) is 3.58. The first-order chi connectivity index (χ1) is 11.0. The molecule has 0 atom stereocenters. The second-order valence-corrected chi connectivity index (χ2v) is 6.58. The summed E-state index contributed by atoms with van der Waals surface area (Å²) < 4.78 is 1.84. The van der Waals surface area contributed by atoms with Gasteiger partial charge in [-0.2, -0.15) is 5.10 Å². The molecular weight excluding hydrogens is 345 g/mol. The minimum absolute atomic E-state index is 0. The molecule has 3 rings (SSSR count). The summed E-state index contributed by atoms with van der Waals surface area (Å²) in [6.45, 7) is 3.96. The van der Waals surface area contributed by atoms with Gasteiger partial charge in [0.25, 0.3) is 0 Å². The van der Waals surface area contributed by atoms with Crippen molar-refractivity contribution in [3.8, 4) is 0 Å². The molecule has 0 radical (unpaired) electrons. The number of rotatable bonds is 5. The molecule has 0 aliphatic carbocycles. The van der Waals surface area contributed by atoms with E-state index in [-0.39, 0.29) is 12.4 Å². The van der Waals surface area contributed by atoms with Crippen LogP contribution in [0.3, 0.4) is 0 Å². The number of benzene rings is 1. The highest BCUT2D eigenvalue weighted by atomic mass is 35.5. The first-order valence-electron chi connectivity index (χ1n) is 7.78. The number of hydrogen-bond donors (Lipinski definition) is 1. The van der Waals surface area contributed by atoms with E-state index in [4.69, 9.17) is 16.6 Å². The van der Waals surface area contributed by atoms with Crippen molar-refractivity contribution in [2.24, 2.45) is 7.05 Å². The van der Waals surface area contributed by atoms with Crippen LogP contribution in [0, 0.1) is 6.92 Å². The Labute approximate surface area is 153 Å². The molecular formula is C17H23Cl2N5. The van der Waals surface area contributed by atoms with Gasteiger partial charge in [0.15, 0.2) is 5.65 Å². The Kier molecular flexibility index (Phi) is 5.91. The van der Waals surface area contributed by atoms with Gasteiger partial charge >= 0.3 is 0 Å². The minimum atomic E-state index is 0. The number of fused-ring (bicyclic) bond motifs is 2. The van der Waals surface area contributed by atoms with Crippen molar-refractivity contribution in [1.29, 1.82) is 0 Å². The van der Waals surface area contributed by atoms with E-state index < -0.39 is 0 Å². The summed E-state index contributed by atoms with van der Waals surface area (Å²) in [6, 6.07) is 5.82. The van der Waals surface area contributed by atoms with Crippen LogP contribution in [-0.4, -0.2) is 46.8 Å². The van der Waals surface area contributed by atoms with Gasteiger partial charge in [-0.25, -0.2) is 4.98 Å². The van der Waals surface area contributed by atoms with Crippen LogP contribution in [0.15, 0.2) is 18.2 Å². The number of halogens is 2. The summed E-state index contributed by atoms with van der Waals surface area (Å²) in [6.07, 6.45) is 1.07. The molecule has 5 nitrogen and oxygen atoms in total. The standard InChI is InChI=1S/C17H22ClN5.ClH/c1-11-15-16(19-8-5-9-22(2)3)13-10-12(18)6-7-14(13)20-17(15)23(4)21-11;/h6-7,10H,5,8-9H2,1-4H3,(H,19,20);1H. The summed E-state index contributed by atoms with van der Waals surface area (Å²) in [5.74, 6) is 0. The average Bonchev–Trinajstić information content (AvgIpc) is 2.77. The van der Waals surface area contributed by atoms with E-state index in [0.29, 0.717) is 0 Å².